The molecule has 0 aliphatic rings. The zero-order valence-corrected chi connectivity index (χ0v) is 14.9. The maximum Gasteiger partial charge on any atom is 0.307 e. The average molecular weight is 328 g/mol. The van der Waals surface area contributed by atoms with Crippen molar-refractivity contribution >= 4 is 5.97 Å². The smallest absolute Gasteiger partial charge is 0.307 e. The number of carboxylic acid groups (broad SMARTS) is 1. The molecule has 0 aliphatic carbocycles. The number of carboxylic acids is 1. The molecule has 0 fully saturated rings. The number of hydrogen-bond donors (Lipinski definition) is 1. The van der Waals surface area contributed by atoms with E-state index in [0.29, 0.717) is 0 Å². The summed E-state index contributed by atoms with van der Waals surface area (Å²) in [5, 5.41) is 8.47. The SMILES string of the molecule is CCCC=CCC=CCC=CCC=CCC=CCC=CCC(=O)O. The van der Waals surface area contributed by atoms with Crippen molar-refractivity contribution < 1.29 is 9.90 Å². The minimum Gasteiger partial charge on any atom is -0.481 e. The van der Waals surface area contributed by atoms with Crippen molar-refractivity contribution in [1.82, 2.24) is 0 Å². The molecule has 0 aromatic carbocycles. The molecule has 0 unspecified atom stereocenters. The van der Waals surface area contributed by atoms with E-state index in [1.165, 1.54) is 12.8 Å². The third kappa shape index (κ3) is 19.9. The first kappa shape index (κ1) is 21.9. The molecule has 1 N–H and O–H groups in total. The highest BCUT2D eigenvalue weighted by Gasteiger charge is 1.87. The van der Waals surface area contributed by atoms with Crippen molar-refractivity contribution in [3.63, 3.8) is 0 Å². The molecule has 2 heteroatoms. The van der Waals surface area contributed by atoms with Gasteiger partial charge in [-0.15, -0.1) is 0 Å². The van der Waals surface area contributed by atoms with Gasteiger partial charge in [-0.3, -0.25) is 4.79 Å². The zero-order chi connectivity index (χ0) is 17.7. The lowest BCUT2D eigenvalue weighted by Gasteiger charge is -1.86. The third-order valence-electron chi connectivity index (χ3n) is 3.11. The van der Waals surface area contributed by atoms with Gasteiger partial charge in [0.1, 0.15) is 0 Å². The van der Waals surface area contributed by atoms with Gasteiger partial charge >= 0.3 is 5.97 Å². The van der Waals surface area contributed by atoms with Gasteiger partial charge in [0.15, 0.2) is 0 Å². The van der Waals surface area contributed by atoms with Gasteiger partial charge in [-0.05, 0) is 38.5 Å². The molecular formula is C22H32O2. The first-order chi connectivity index (χ1) is 11.8. The molecule has 0 aromatic rings. The topological polar surface area (TPSA) is 37.3 Å². The summed E-state index contributed by atoms with van der Waals surface area (Å²) < 4.78 is 0. The van der Waals surface area contributed by atoms with Crippen LogP contribution in [0.5, 0.6) is 0 Å². The average Bonchev–Trinajstić information content (AvgIpc) is 2.56. The molecule has 24 heavy (non-hydrogen) atoms. The Labute approximate surface area is 147 Å². The number of unbranched alkanes of at least 4 members (excludes halogenated alkanes) is 1. The summed E-state index contributed by atoms with van der Waals surface area (Å²) in [6.45, 7) is 2.19. The Morgan fingerprint density at radius 1 is 0.625 bits per heavy atom. The van der Waals surface area contributed by atoms with Crippen molar-refractivity contribution in [2.45, 2.75) is 58.3 Å². The number of hydrogen-bond acceptors (Lipinski definition) is 1. The molecule has 0 spiro atoms. The monoisotopic (exact) mass is 328 g/mol. The molecule has 0 radical (unpaired) electrons. The zero-order valence-electron chi connectivity index (χ0n) is 14.9. The molecule has 0 saturated heterocycles. The largest absolute Gasteiger partial charge is 0.481 e. The van der Waals surface area contributed by atoms with E-state index < -0.39 is 5.97 Å². The van der Waals surface area contributed by atoms with E-state index in [-0.39, 0.29) is 6.42 Å². The summed E-state index contributed by atoms with van der Waals surface area (Å²) in [5.74, 6) is -0.787. The molecule has 0 aromatic heterocycles. The van der Waals surface area contributed by atoms with Crippen LogP contribution in [0.3, 0.4) is 0 Å². The summed E-state index contributed by atoms with van der Waals surface area (Å²) in [7, 11) is 0. The minimum absolute atomic E-state index is 0.102. The predicted molar refractivity (Wildman–Crippen MR) is 105 cm³/mol. The maximum absolute atomic E-state index is 10.3. The Balaban J connectivity index is 3.52. The quantitative estimate of drug-likeness (QED) is 0.367. The van der Waals surface area contributed by atoms with Crippen LogP contribution in [0, 0.1) is 0 Å². The van der Waals surface area contributed by atoms with E-state index in [9.17, 15) is 4.79 Å². The standard InChI is InChI=1S/C22H32O2/c1-2-3-4-5-6-7-8-9-10-11-12-13-14-15-16-17-18-19-20-21-22(23)24/h4-5,7-8,10-11,13-14,16-17,19-20H,2-3,6,9,12,15,18,21H2,1H3,(H,23,24). The van der Waals surface area contributed by atoms with Gasteiger partial charge in [-0.25, -0.2) is 0 Å². The summed E-state index contributed by atoms with van der Waals surface area (Å²) in [5.41, 5.74) is 0. The van der Waals surface area contributed by atoms with Crippen molar-refractivity contribution in [3.8, 4) is 0 Å². The lowest BCUT2D eigenvalue weighted by atomic mass is 10.2. The van der Waals surface area contributed by atoms with Crippen molar-refractivity contribution in [2.24, 2.45) is 0 Å². The molecule has 0 bridgehead atoms. The van der Waals surface area contributed by atoms with E-state index >= 15 is 0 Å². The first-order valence-corrected chi connectivity index (χ1v) is 8.89. The van der Waals surface area contributed by atoms with Crippen LogP contribution >= 0.6 is 0 Å². The molecule has 0 saturated carbocycles. The highest BCUT2D eigenvalue weighted by molar-refractivity contribution is 5.68. The van der Waals surface area contributed by atoms with Gasteiger partial charge in [-0.1, -0.05) is 86.3 Å². The second kappa shape index (κ2) is 19.0. The Morgan fingerprint density at radius 2 is 0.958 bits per heavy atom. The minimum atomic E-state index is -0.787. The van der Waals surface area contributed by atoms with Crippen LogP contribution in [-0.2, 0) is 4.79 Å². The Morgan fingerprint density at radius 3 is 1.29 bits per heavy atom. The lowest BCUT2D eigenvalue weighted by Crippen LogP contribution is -1.89. The fourth-order valence-corrected chi connectivity index (χ4v) is 1.82. The van der Waals surface area contributed by atoms with E-state index in [0.717, 1.165) is 32.1 Å². The van der Waals surface area contributed by atoms with Crippen LogP contribution in [0.2, 0.25) is 0 Å². The predicted octanol–water partition coefficient (Wildman–Crippen LogP) is 6.55. The Kier molecular flexibility index (Phi) is 17.3. The second-order valence-corrected chi connectivity index (χ2v) is 5.39. The molecule has 0 amide bonds. The van der Waals surface area contributed by atoms with Crippen molar-refractivity contribution in [3.05, 3.63) is 72.9 Å². The molecule has 0 aliphatic heterocycles. The van der Waals surface area contributed by atoms with Crippen molar-refractivity contribution in [1.29, 1.82) is 0 Å². The molecule has 0 rings (SSSR count). The highest BCUT2D eigenvalue weighted by Crippen LogP contribution is 1.97. The number of aliphatic carboxylic acids is 1. The van der Waals surface area contributed by atoms with Gasteiger partial charge in [0.2, 0.25) is 0 Å². The van der Waals surface area contributed by atoms with E-state index in [4.69, 9.17) is 5.11 Å². The third-order valence-corrected chi connectivity index (χ3v) is 3.11. The molecule has 132 valence electrons. The number of carbonyl (C=O) groups is 1. The fourth-order valence-electron chi connectivity index (χ4n) is 1.82. The lowest BCUT2D eigenvalue weighted by molar-refractivity contribution is -0.136. The summed E-state index contributed by atoms with van der Waals surface area (Å²) >= 11 is 0. The van der Waals surface area contributed by atoms with Crippen LogP contribution in [-0.4, -0.2) is 11.1 Å². The van der Waals surface area contributed by atoms with Gasteiger partial charge in [0.05, 0.1) is 6.42 Å². The summed E-state index contributed by atoms with van der Waals surface area (Å²) in [6.07, 6.45) is 32.5. The van der Waals surface area contributed by atoms with Gasteiger partial charge in [0.25, 0.3) is 0 Å². The summed E-state index contributed by atoms with van der Waals surface area (Å²) in [6, 6.07) is 0. The number of rotatable bonds is 14. The van der Waals surface area contributed by atoms with Crippen LogP contribution in [0.25, 0.3) is 0 Å². The van der Waals surface area contributed by atoms with Crippen LogP contribution in [0.15, 0.2) is 72.9 Å². The molecule has 2 nitrogen and oxygen atoms in total. The Bertz CT molecular complexity index is 462. The van der Waals surface area contributed by atoms with Crippen molar-refractivity contribution in [2.75, 3.05) is 0 Å². The first-order valence-electron chi connectivity index (χ1n) is 8.89. The van der Waals surface area contributed by atoms with Crippen LogP contribution in [0.1, 0.15) is 58.3 Å². The van der Waals surface area contributed by atoms with Gasteiger partial charge < -0.3 is 5.11 Å². The highest BCUT2D eigenvalue weighted by atomic mass is 16.4. The van der Waals surface area contributed by atoms with Crippen LogP contribution in [0.4, 0.5) is 0 Å². The fraction of sp³-hybridized carbons (Fsp3) is 0.409. The Hall–Kier alpha value is -2.09. The van der Waals surface area contributed by atoms with E-state index in [1.807, 2.05) is 6.08 Å². The molecule has 0 atom stereocenters. The van der Waals surface area contributed by atoms with E-state index in [1.54, 1.807) is 6.08 Å². The van der Waals surface area contributed by atoms with Gasteiger partial charge in [-0.2, -0.15) is 0 Å². The normalized spacial score (nSPS) is 13.0. The molecular weight excluding hydrogens is 296 g/mol. The van der Waals surface area contributed by atoms with Gasteiger partial charge in [0, 0.05) is 0 Å². The van der Waals surface area contributed by atoms with E-state index in [2.05, 4.69) is 67.7 Å². The second-order valence-electron chi connectivity index (χ2n) is 5.39. The number of allylic oxidation sites excluding steroid dienone is 11. The maximum atomic E-state index is 10.3. The summed E-state index contributed by atoms with van der Waals surface area (Å²) in [4.78, 5) is 10.3. The molecule has 0 heterocycles. The van der Waals surface area contributed by atoms with Crippen LogP contribution < -0.4 is 0 Å².